The van der Waals surface area contributed by atoms with Gasteiger partial charge < -0.3 is 5.32 Å². The first-order chi connectivity index (χ1) is 11.9. The molecule has 25 heavy (non-hydrogen) atoms. The normalized spacial score (nSPS) is 15.0. The van der Waals surface area contributed by atoms with E-state index in [2.05, 4.69) is 10.3 Å². The Morgan fingerprint density at radius 1 is 1.20 bits per heavy atom. The maximum Gasteiger partial charge on any atom is 0.281 e. The number of amides is 1. The van der Waals surface area contributed by atoms with Gasteiger partial charge >= 0.3 is 0 Å². The molecule has 132 valence electrons. The third-order valence-corrected chi connectivity index (χ3v) is 6.01. The molecule has 8 heteroatoms. The van der Waals surface area contributed by atoms with Gasteiger partial charge in [0.2, 0.25) is 0 Å². The van der Waals surface area contributed by atoms with Crippen molar-refractivity contribution in [1.29, 1.82) is 0 Å². The molecule has 0 atom stereocenters. The topological polar surface area (TPSA) is 82.6 Å². The molecular formula is C17H20N4O3S. The zero-order valence-corrected chi connectivity index (χ0v) is 15.0. The molecule has 1 aliphatic rings. The number of pyridine rings is 1. The number of anilines is 1. The molecule has 1 amide bonds. The summed E-state index contributed by atoms with van der Waals surface area (Å²) in [6.07, 6.45) is 2.21. The zero-order valence-electron chi connectivity index (χ0n) is 14.1. The summed E-state index contributed by atoms with van der Waals surface area (Å²) in [6, 6.07) is 10.7. The smallest absolute Gasteiger partial charge is 0.281 e. The molecular weight excluding hydrogens is 340 g/mol. The molecule has 1 aliphatic heterocycles. The number of carbonyl (C=O) groups is 1. The van der Waals surface area contributed by atoms with Crippen molar-refractivity contribution in [2.75, 3.05) is 26.0 Å². The Bertz CT molecular complexity index is 882. The zero-order chi connectivity index (χ0) is 18.0. The molecule has 0 aliphatic carbocycles. The van der Waals surface area contributed by atoms with Crippen molar-refractivity contribution in [1.82, 2.24) is 13.6 Å². The molecule has 0 bridgehead atoms. The first-order valence-corrected chi connectivity index (χ1v) is 9.29. The van der Waals surface area contributed by atoms with Gasteiger partial charge in [-0.05, 0) is 41.8 Å². The number of benzene rings is 1. The van der Waals surface area contributed by atoms with E-state index in [1.165, 1.54) is 22.7 Å². The molecule has 7 nitrogen and oxygen atoms in total. The van der Waals surface area contributed by atoms with Gasteiger partial charge in [0.25, 0.3) is 16.1 Å². The lowest BCUT2D eigenvalue weighted by atomic mass is 10.0. The van der Waals surface area contributed by atoms with E-state index in [-0.39, 0.29) is 5.91 Å². The van der Waals surface area contributed by atoms with Gasteiger partial charge in [0.05, 0.1) is 0 Å². The number of carbonyl (C=O) groups excluding carboxylic acids is 1. The maximum atomic E-state index is 12.3. The first kappa shape index (κ1) is 17.5. The van der Waals surface area contributed by atoms with Gasteiger partial charge in [-0.15, -0.1) is 0 Å². The van der Waals surface area contributed by atoms with Crippen LogP contribution in [0.3, 0.4) is 0 Å². The number of rotatable bonds is 4. The van der Waals surface area contributed by atoms with Crippen LogP contribution in [0.4, 0.5) is 5.69 Å². The van der Waals surface area contributed by atoms with E-state index in [9.17, 15) is 13.2 Å². The van der Waals surface area contributed by atoms with Crippen molar-refractivity contribution in [3.05, 3.63) is 59.4 Å². The molecule has 0 spiro atoms. The summed E-state index contributed by atoms with van der Waals surface area (Å²) >= 11 is 0. The SMILES string of the molecule is CN(C)S(=O)(=O)N1CCc2ccc(NC(=O)c3ccccn3)cc2C1. The van der Waals surface area contributed by atoms with Crippen LogP contribution in [0.25, 0.3) is 0 Å². The quantitative estimate of drug-likeness (QED) is 0.896. The van der Waals surface area contributed by atoms with E-state index in [0.717, 1.165) is 11.1 Å². The number of fused-ring (bicyclic) bond motifs is 1. The highest BCUT2D eigenvalue weighted by molar-refractivity contribution is 7.86. The van der Waals surface area contributed by atoms with Gasteiger partial charge in [-0.2, -0.15) is 17.0 Å². The predicted molar refractivity (Wildman–Crippen MR) is 95.4 cm³/mol. The van der Waals surface area contributed by atoms with Crippen LogP contribution in [0.5, 0.6) is 0 Å². The fourth-order valence-corrected chi connectivity index (χ4v) is 3.82. The average molecular weight is 360 g/mol. The lowest BCUT2D eigenvalue weighted by Gasteiger charge is -2.30. The first-order valence-electron chi connectivity index (χ1n) is 7.90. The molecule has 0 saturated heterocycles. The highest BCUT2D eigenvalue weighted by Crippen LogP contribution is 2.25. The largest absolute Gasteiger partial charge is 0.321 e. The van der Waals surface area contributed by atoms with Gasteiger partial charge in [-0.3, -0.25) is 9.78 Å². The Morgan fingerprint density at radius 2 is 2.00 bits per heavy atom. The molecule has 3 rings (SSSR count). The molecule has 0 fully saturated rings. The second kappa shape index (κ2) is 6.91. The maximum absolute atomic E-state index is 12.3. The van der Waals surface area contributed by atoms with Gasteiger partial charge in [0, 0.05) is 39.1 Å². The van der Waals surface area contributed by atoms with Crippen molar-refractivity contribution < 1.29 is 13.2 Å². The van der Waals surface area contributed by atoms with E-state index in [1.54, 1.807) is 24.4 Å². The second-order valence-corrected chi connectivity index (χ2v) is 8.17. The molecule has 2 aromatic rings. The van der Waals surface area contributed by atoms with Gasteiger partial charge in [-0.25, -0.2) is 0 Å². The molecule has 1 N–H and O–H groups in total. The van der Waals surface area contributed by atoms with Crippen LogP contribution < -0.4 is 5.32 Å². The standard InChI is InChI=1S/C17H20N4O3S/c1-20(2)25(23,24)21-10-8-13-6-7-15(11-14(13)12-21)19-17(22)16-5-3-4-9-18-16/h3-7,9,11H,8,10,12H2,1-2H3,(H,19,22). The van der Waals surface area contributed by atoms with Crippen LogP contribution >= 0.6 is 0 Å². The van der Waals surface area contributed by atoms with Crippen molar-refractivity contribution in [2.24, 2.45) is 0 Å². The predicted octanol–water partition coefficient (Wildman–Crippen LogP) is 1.50. The minimum atomic E-state index is -3.45. The number of nitrogens with one attached hydrogen (secondary N) is 1. The van der Waals surface area contributed by atoms with Crippen molar-refractivity contribution in [3.63, 3.8) is 0 Å². The molecule has 0 saturated carbocycles. The Labute approximate surface area is 147 Å². The summed E-state index contributed by atoms with van der Waals surface area (Å²) in [7, 11) is -0.408. The molecule has 2 heterocycles. The summed E-state index contributed by atoms with van der Waals surface area (Å²) in [6.45, 7) is 0.746. The van der Waals surface area contributed by atoms with Crippen molar-refractivity contribution in [3.8, 4) is 0 Å². The van der Waals surface area contributed by atoms with Crippen LogP contribution in [0.2, 0.25) is 0 Å². The second-order valence-electron chi connectivity index (χ2n) is 6.03. The van der Waals surface area contributed by atoms with E-state index >= 15 is 0 Å². The molecule has 0 unspecified atom stereocenters. The minimum absolute atomic E-state index is 0.295. The third kappa shape index (κ3) is 3.71. The fraction of sp³-hybridized carbons (Fsp3) is 0.294. The lowest BCUT2D eigenvalue weighted by molar-refractivity contribution is 0.102. The van der Waals surface area contributed by atoms with Gasteiger partial charge in [0.15, 0.2) is 0 Å². The van der Waals surface area contributed by atoms with Crippen LogP contribution in [-0.2, 0) is 23.2 Å². The monoisotopic (exact) mass is 360 g/mol. The molecule has 1 aromatic carbocycles. The van der Waals surface area contributed by atoms with Gasteiger partial charge in [0.1, 0.15) is 5.69 Å². The van der Waals surface area contributed by atoms with Crippen LogP contribution in [-0.4, -0.2) is 48.6 Å². The summed E-state index contributed by atoms with van der Waals surface area (Å²) in [4.78, 5) is 16.2. The Morgan fingerprint density at radius 3 is 2.68 bits per heavy atom. The summed E-state index contributed by atoms with van der Waals surface area (Å²) < 4.78 is 27.3. The third-order valence-electron chi connectivity index (χ3n) is 4.13. The molecule has 1 aromatic heterocycles. The number of hydrogen-bond donors (Lipinski definition) is 1. The number of hydrogen-bond acceptors (Lipinski definition) is 4. The van der Waals surface area contributed by atoms with E-state index in [1.807, 2.05) is 18.2 Å². The number of aromatic nitrogens is 1. The lowest BCUT2D eigenvalue weighted by Crippen LogP contribution is -2.42. The van der Waals surface area contributed by atoms with Crippen molar-refractivity contribution >= 4 is 21.8 Å². The molecule has 0 radical (unpaired) electrons. The van der Waals surface area contributed by atoms with Crippen LogP contribution in [0.15, 0.2) is 42.6 Å². The minimum Gasteiger partial charge on any atom is -0.321 e. The Hall–Kier alpha value is -2.29. The highest BCUT2D eigenvalue weighted by Gasteiger charge is 2.28. The van der Waals surface area contributed by atoms with Crippen LogP contribution in [0.1, 0.15) is 21.6 Å². The van der Waals surface area contributed by atoms with Crippen molar-refractivity contribution in [2.45, 2.75) is 13.0 Å². The summed E-state index contributed by atoms with van der Waals surface area (Å²) in [5.74, 6) is -0.297. The van der Waals surface area contributed by atoms with Crippen LogP contribution in [0, 0.1) is 0 Å². The van der Waals surface area contributed by atoms with Gasteiger partial charge in [-0.1, -0.05) is 12.1 Å². The number of nitrogens with zero attached hydrogens (tertiary/aromatic N) is 3. The highest BCUT2D eigenvalue weighted by atomic mass is 32.2. The van der Waals surface area contributed by atoms with E-state index in [0.29, 0.717) is 30.9 Å². The summed E-state index contributed by atoms with van der Waals surface area (Å²) in [5, 5.41) is 2.80. The van der Waals surface area contributed by atoms with E-state index in [4.69, 9.17) is 0 Å². The summed E-state index contributed by atoms with van der Waals surface area (Å²) in [5.41, 5.74) is 2.95. The Balaban J connectivity index is 1.79. The average Bonchev–Trinajstić information content (AvgIpc) is 2.61. The fourth-order valence-electron chi connectivity index (χ4n) is 2.73. The Kier molecular flexibility index (Phi) is 4.85. The van der Waals surface area contributed by atoms with E-state index < -0.39 is 10.2 Å².